The third-order valence-corrected chi connectivity index (χ3v) is 5.80. The number of aryl methyl sites for hydroxylation is 1. The summed E-state index contributed by atoms with van der Waals surface area (Å²) in [5.74, 6) is 1.29. The zero-order valence-corrected chi connectivity index (χ0v) is 16.8. The van der Waals surface area contributed by atoms with Crippen molar-refractivity contribution in [1.29, 1.82) is 0 Å². The number of aromatic nitrogens is 3. The van der Waals surface area contributed by atoms with Crippen LogP contribution in [0.2, 0.25) is 0 Å². The third kappa shape index (κ3) is 3.93. The SMILES string of the molecule is CCOc1ccc(S(=O)(=O)Nc2ccc(-c3cn4cccnc4n3)cc2)cc1C. The van der Waals surface area contributed by atoms with E-state index in [4.69, 9.17) is 4.74 Å². The second-order valence-corrected chi connectivity index (χ2v) is 8.18. The monoisotopic (exact) mass is 408 g/mol. The summed E-state index contributed by atoms with van der Waals surface area (Å²) in [7, 11) is -3.70. The van der Waals surface area contributed by atoms with Crippen molar-refractivity contribution in [1.82, 2.24) is 14.4 Å². The second-order valence-electron chi connectivity index (χ2n) is 6.50. The van der Waals surface area contributed by atoms with Gasteiger partial charge in [0, 0.05) is 29.8 Å². The van der Waals surface area contributed by atoms with Crippen LogP contribution in [-0.2, 0) is 10.0 Å². The van der Waals surface area contributed by atoms with Gasteiger partial charge >= 0.3 is 0 Å². The van der Waals surface area contributed by atoms with Crippen LogP contribution in [0.3, 0.4) is 0 Å². The quantitative estimate of drug-likeness (QED) is 0.523. The molecule has 0 bridgehead atoms. The van der Waals surface area contributed by atoms with E-state index >= 15 is 0 Å². The summed E-state index contributed by atoms with van der Waals surface area (Å²) in [6.45, 7) is 4.24. The number of fused-ring (bicyclic) bond motifs is 1. The molecule has 7 nitrogen and oxygen atoms in total. The van der Waals surface area contributed by atoms with E-state index in [0.717, 1.165) is 16.8 Å². The molecule has 148 valence electrons. The Morgan fingerprint density at radius 2 is 1.93 bits per heavy atom. The average Bonchev–Trinajstić information content (AvgIpc) is 3.14. The van der Waals surface area contributed by atoms with Gasteiger partial charge < -0.3 is 4.74 Å². The molecule has 2 aromatic heterocycles. The number of anilines is 1. The van der Waals surface area contributed by atoms with E-state index in [9.17, 15) is 8.42 Å². The lowest BCUT2D eigenvalue weighted by Gasteiger charge is -2.11. The lowest BCUT2D eigenvalue weighted by molar-refractivity contribution is 0.337. The molecule has 0 amide bonds. The molecule has 0 atom stereocenters. The van der Waals surface area contributed by atoms with Crippen molar-refractivity contribution in [3.05, 3.63) is 72.7 Å². The maximum atomic E-state index is 12.7. The Balaban J connectivity index is 1.55. The van der Waals surface area contributed by atoms with Crippen LogP contribution in [0.1, 0.15) is 12.5 Å². The predicted octanol–water partition coefficient (Wildman–Crippen LogP) is 3.90. The molecule has 0 aliphatic carbocycles. The Morgan fingerprint density at radius 3 is 2.62 bits per heavy atom. The number of nitrogens with zero attached hydrogens (tertiary/aromatic N) is 3. The van der Waals surface area contributed by atoms with E-state index in [0.29, 0.717) is 23.8 Å². The van der Waals surface area contributed by atoms with Crippen LogP contribution in [0.25, 0.3) is 17.0 Å². The molecule has 0 saturated carbocycles. The van der Waals surface area contributed by atoms with Crippen molar-refractivity contribution >= 4 is 21.5 Å². The van der Waals surface area contributed by atoms with E-state index in [-0.39, 0.29) is 4.90 Å². The first-order chi connectivity index (χ1) is 14.0. The number of rotatable bonds is 6. The van der Waals surface area contributed by atoms with Gasteiger partial charge in [0.2, 0.25) is 5.78 Å². The zero-order valence-electron chi connectivity index (χ0n) is 16.0. The largest absolute Gasteiger partial charge is 0.494 e. The molecular weight excluding hydrogens is 388 g/mol. The summed E-state index contributed by atoms with van der Waals surface area (Å²) < 4.78 is 35.4. The van der Waals surface area contributed by atoms with E-state index < -0.39 is 10.0 Å². The number of hydrogen-bond acceptors (Lipinski definition) is 5. The van der Waals surface area contributed by atoms with Gasteiger partial charge in [-0.05, 0) is 55.8 Å². The molecule has 0 spiro atoms. The summed E-state index contributed by atoms with van der Waals surface area (Å²) in [4.78, 5) is 8.86. The van der Waals surface area contributed by atoms with Gasteiger partial charge in [-0.1, -0.05) is 12.1 Å². The Morgan fingerprint density at radius 1 is 1.14 bits per heavy atom. The summed E-state index contributed by atoms with van der Waals surface area (Å²) >= 11 is 0. The van der Waals surface area contributed by atoms with E-state index in [1.807, 2.05) is 48.8 Å². The van der Waals surface area contributed by atoms with E-state index in [1.165, 1.54) is 0 Å². The van der Waals surface area contributed by atoms with Gasteiger partial charge in [0.05, 0.1) is 17.2 Å². The van der Waals surface area contributed by atoms with Crippen molar-refractivity contribution < 1.29 is 13.2 Å². The molecule has 0 aliphatic rings. The molecule has 0 saturated heterocycles. The fourth-order valence-corrected chi connectivity index (χ4v) is 4.14. The highest BCUT2D eigenvalue weighted by Crippen LogP contribution is 2.25. The van der Waals surface area contributed by atoms with Gasteiger partial charge in [0.25, 0.3) is 10.0 Å². The molecule has 29 heavy (non-hydrogen) atoms. The topological polar surface area (TPSA) is 85.6 Å². The fourth-order valence-electron chi connectivity index (χ4n) is 3.00. The Hall–Kier alpha value is -3.39. The molecule has 0 fully saturated rings. The zero-order chi connectivity index (χ0) is 20.4. The molecule has 0 radical (unpaired) electrons. The summed E-state index contributed by atoms with van der Waals surface area (Å²) in [5.41, 5.74) is 2.88. The fraction of sp³-hybridized carbons (Fsp3) is 0.143. The van der Waals surface area contributed by atoms with Gasteiger partial charge in [-0.25, -0.2) is 18.4 Å². The number of benzene rings is 2. The molecular formula is C21H20N4O3S. The van der Waals surface area contributed by atoms with Crippen LogP contribution in [0.4, 0.5) is 5.69 Å². The highest BCUT2D eigenvalue weighted by molar-refractivity contribution is 7.92. The highest BCUT2D eigenvalue weighted by atomic mass is 32.2. The van der Waals surface area contributed by atoms with Crippen LogP contribution >= 0.6 is 0 Å². The lowest BCUT2D eigenvalue weighted by atomic mass is 10.1. The molecule has 4 rings (SSSR count). The first-order valence-corrected chi connectivity index (χ1v) is 10.6. The van der Waals surface area contributed by atoms with Gasteiger partial charge in [-0.15, -0.1) is 0 Å². The highest BCUT2D eigenvalue weighted by Gasteiger charge is 2.16. The molecule has 2 aromatic carbocycles. The van der Waals surface area contributed by atoms with E-state index in [1.54, 1.807) is 36.5 Å². The van der Waals surface area contributed by atoms with Gasteiger partial charge in [-0.3, -0.25) is 9.12 Å². The molecule has 1 N–H and O–H groups in total. The lowest BCUT2D eigenvalue weighted by Crippen LogP contribution is -2.13. The molecule has 4 aromatic rings. The van der Waals surface area contributed by atoms with Crippen molar-refractivity contribution in [2.75, 3.05) is 11.3 Å². The summed E-state index contributed by atoms with van der Waals surface area (Å²) in [6.07, 6.45) is 5.44. The van der Waals surface area contributed by atoms with Crippen molar-refractivity contribution in [2.24, 2.45) is 0 Å². The normalized spacial score (nSPS) is 11.5. The minimum absolute atomic E-state index is 0.189. The van der Waals surface area contributed by atoms with Crippen LogP contribution in [0.5, 0.6) is 5.75 Å². The number of sulfonamides is 1. The van der Waals surface area contributed by atoms with Crippen molar-refractivity contribution in [3.8, 4) is 17.0 Å². The first-order valence-electron chi connectivity index (χ1n) is 9.13. The number of hydrogen-bond donors (Lipinski definition) is 1. The van der Waals surface area contributed by atoms with Gasteiger partial charge in [0.15, 0.2) is 0 Å². The van der Waals surface area contributed by atoms with Crippen LogP contribution in [0.15, 0.2) is 72.0 Å². The number of nitrogens with one attached hydrogen (secondary N) is 1. The molecule has 8 heteroatoms. The van der Waals surface area contributed by atoms with Gasteiger partial charge in [-0.2, -0.15) is 0 Å². The second kappa shape index (κ2) is 7.56. The minimum atomic E-state index is -3.70. The molecule has 2 heterocycles. The van der Waals surface area contributed by atoms with Crippen molar-refractivity contribution in [2.45, 2.75) is 18.7 Å². The average molecular weight is 408 g/mol. The number of imidazole rings is 1. The maximum absolute atomic E-state index is 12.7. The Kier molecular flexibility index (Phi) is 4.94. The first kappa shape index (κ1) is 18.9. The van der Waals surface area contributed by atoms with Crippen molar-refractivity contribution in [3.63, 3.8) is 0 Å². The predicted molar refractivity (Wildman–Crippen MR) is 112 cm³/mol. The maximum Gasteiger partial charge on any atom is 0.261 e. The van der Waals surface area contributed by atoms with Crippen LogP contribution in [0, 0.1) is 6.92 Å². The minimum Gasteiger partial charge on any atom is -0.494 e. The Labute approximate surface area is 169 Å². The van der Waals surface area contributed by atoms with Crippen LogP contribution in [-0.4, -0.2) is 29.4 Å². The smallest absolute Gasteiger partial charge is 0.261 e. The van der Waals surface area contributed by atoms with Gasteiger partial charge in [0.1, 0.15) is 5.75 Å². The third-order valence-electron chi connectivity index (χ3n) is 4.42. The number of ether oxygens (including phenoxy) is 1. The summed E-state index contributed by atoms with van der Waals surface area (Å²) in [6, 6.07) is 13.7. The summed E-state index contributed by atoms with van der Waals surface area (Å²) in [5, 5.41) is 0. The standard InChI is InChI=1S/C21H20N4O3S/c1-3-28-20-10-9-18(13-15(20)2)29(26,27)24-17-7-5-16(6-8-17)19-14-25-12-4-11-22-21(25)23-19/h4-14,24H,3H2,1-2H3. The Bertz CT molecular complexity index is 1230. The molecule has 0 unspecified atom stereocenters. The molecule has 0 aliphatic heterocycles. The van der Waals surface area contributed by atoms with E-state index in [2.05, 4.69) is 14.7 Å². The van der Waals surface area contributed by atoms with Crippen LogP contribution < -0.4 is 9.46 Å².